The maximum atomic E-state index is 12.3. The molecule has 1 fully saturated rings. The summed E-state index contributed by atoms with van der Waals surface area (Å²) in [5.74, 6) is -0.180. The van der Waals surface area contributed by atoms with E-state index >= 15 is 0 Å². The third-order valence-electron chi connectivity index (χ3n) is 4.69. The molecule has 1 aromatic carbocycles. The van der Waals surface area contributed by atoms with Crippen LogP contribution in [0.5, 0.6) is 0 Å². The van der Waals surface area contributed by atoms with Gasteiger partial charge in [0.25, 0.3) is 5.91 Å². The molecule has 124 valence electrons. The van der Waals surface area contributed by atoms with Gasteiger partial charge in [-0.1, -0.05) is 12.1 Å². The monoisotopic (exact) mass is 335 g/mol. The van der Waals surface area contributed by atoms with Gasteiger partial charge >= 0.3 is 0 Å². The summed E-state index contributed by atoms with van der Waals surface area (Å²) in [5, 5.41) is 2.96. The zero-order valence-corrected chi connectivity index (χ0v) is 14.4. The van der Waals surface area contributed by atoms with Gasteiger partial charge in [-0.05, 0) is 31.0 Å². The second kappa shape index (κ2) is 5.42. The van der Waals surface area contributed by atoms with E-state index in [2.05, 4.69) is 10.3 Å². The molecule has 7 heteroatoms. The molecule has 1 saturated heterocycles. The Bertz CT molecular complexity index is 791. The number of carbonyl (C=O) groups excluding carboxylic acids is 1. The number of piperidine rings is 1. The summed E-state index contributed by atoms with van der Waals surface area (Å²) in [7, 11) is -3.19. The van der Waals surface area contributed by atoms with Crippen molar-refractivity contribution in [3.05, 3.63) is 34.9 Å². The molecule has 2 aliphatic rings. The van der Waals surface area contributed by atoms with E-state index in [-0.39, 0.29) is 5.91 Å². The first-order valence-corrected chi connectivity index (χ1v) is 9.50. The van der Waals surface area contributed by atoms with E-state index in [1.54, 1.807) is 0 Å². The number of rotatable bonds is 2. The molecule has 3 rings (SSSR count). The fraction of sp³-hybridized carbons (Fsp3) is 0.500. The Morgan fingerprint density at radius 3 is 2.39 bits per heavy atom. The Kier molecular flexibility index (Phi) is 3.80. The van der Waals surface area contributed by atoms with E-state index in [0.717, 1.165) is 11.1 Å². The van der Waals surface area contributed by atoms with Gasteiger partial charge in [0.15, 0.2) is 0 Å². The van der Waals surface area contributed by atoms with Crippen molar-refractivity contribution in [1.29, 1.82) is 0 Å². The molecule has 0 aromatic heterocycles. The lowest BCUT2D eigenvalue weighted by Gasteiger charge is -2.35. The van der Waals surface area contributed by atoms with Gasteiger partial charge in [-0.2, -0.15) is 0 Å². The van der Waals surface area contributed by atoms with Gasteiger partial charge in [-0.3, -0.25) is 9.79 Å². The quantitative estimate of drug-likeness (QED) is 0.875. The van der Waals surface area contributed by atoms with Crippen molar-refractivity contribution in [3.63, 3.8) is 0 Å². The highest BCUT2D eigenvalue weighted by atomic mass is 32.2. The number of sulfonamides is 1. The van der Waals surface area contributed by atoms with E-state index < -0.39 is 15.7 Å². The van der Waals surface area contributed by atoms with Crippen LogP contribution in [0.25, 0.3) is 0 Å². The van der Waals surface area contributed by atoms with Crippen molar-refractivity contribution in [3.8, 4) is 0 Å². The van der Waals surface area contributed by atoms with E-state index in [9.17, 15) is 13.2 Å². The maximum Gasteiger partial charge on any atom is 0.272 e. The molecule has 6 nitrogen and oxygen atoms in total. The van der Waals surface area contributed by atoms with Crippen molar-refractivity contribution in [2.45, 2.75) is 32.4 Å². The summed E-state index contributed by atoms with van der Waals surface area (Å²) in [4.78, 5) is 17.0. The second-order valence-corrected chi connectivity index (χ2v) is 8.39. The predicted octanol–water partition coefficient (Wildman–Crippen LogP) is 0.974. The van der Waals surface area contributed by atoms with Crippen LogP contribution in [0.1, 0.15) is 29.5 Å². The van der Waals surface area contributed by atoms with Crippen LogP contribution in [0.3, 0.4) is 0 Å². The first-order chi connectivity index (χ1) is 10.7. The average Bonchev–Trinajstić information content (AvgIpc) is 2.78. The van der Waals surface area contributed by atoms with Gasteiger partial charge < -0.3 is 5.32 Å². The number of amides is 1. The number of nitrogens with zero attached hydrogens (tertiary/aromatic N) is 2. The van der Waals surface area contributed by atoms with Crippen LogP contribution >= 0.6 is 0 Å². The minimum Gasteiger partial charge on any atom is -0.326 e. The highest BCUT2D eigenvalue weighted by Gasteiger charge is 2.43. The number of aryl methyl sites for hydroxylation is 2. The first-order valence-electron chi connectivity index (χ1n) is 7.65. The van der Waals surface area contributed by atoms with Crippen LogP contribution in [0, 0.1) is 13.8 Å². The Morgan fingerprint density at radius 2 is 1.83 bits per heavy atom. The first kappa shape index (κ1) is 16.1. The Morgan fingerprint density at radius 1 is 1.17 bits per heavy atom. The SMILES string of the molecule is Cc1ccc(C2=NC3(CCN(S(C)(=O)=O)CC3)NC2=O)cc1C. The zero-order valence-electron chi connectivity index (χ0n) is 13.6. The smallest absolute Gasteiger partial charge is 0.272 e. The van der Waals surface area contributed by atoms with Gasteiger partial charge in [-0.25, -0.2) is 12.7 Å². The van der Waals surface area contributed by atoms with E-state index in [4.69, 9.17) is 0 Å². The van der Waals surface area contributed by atoms with Crippen molar-refractivity contribution >= 4 is 21.6 Å². The molecule has 23 heavy (non-hydrogen) atoms. The fourth-order valence-corrected chi connectivity index (χ4v) is 3.92. The Labute approximate surface area is 136 Å². The van der Waals surface area contributed by atoms with Crippen molar-refractivity contribution in [2.24, 2.45) is 4.99 Å². The molecule has 0 bridgehead atoms. The third kappa shape index (κ3) is 3.03. The zero-order chi connectivity index (χ0) is 16.8. The normalized spacial score (nSPS) is 21.3. The average molecular weight is 335 g/mol. The number of nitrogens with one attached hydrogen (secondary N) is 1. The molecule has 1 aromatic rings. The third-order valence-corrected chi connectivity index (χ3v) is 5.99. The van der Waals surface area contributed by atoms with Gasteiger partial charge in [0.2, 0.25) is 10.0 Å². The highest BCUT2D eigenvalue weighted by Crippen LogP contribution is 2.29. The number of hydrogen-bond donors (Lipinski definition) is 1. The fourth-order valence-electron chi connectivity index (χ4n) is 3.07. The van der Waals surface area contributed by atoms with Crippen LogP contribution in [-0.4, -0.2) is 49.4 Å². The molecule has 1 spiro atoms. The molecular formula is C16H21N3O3S. The molecule has 0 radical (unpaired) electrons. The predicted molar refractivity (Wildman–Crippen MR) is 89.0 cm³/mol. The van der Waals surface area contributed by atoms with E-state index in [1.807, 2.05) is 32.0 Å². The van der Waals surface area contributed by atoms with Crippen LogP contribution in [0.4, 0.5) is 0 Å². The lowest BCUT2D eigenvalue weighted by Crippen LogP contribution is -2.52. The highest BCUT2D eigenvalue weighted by molar-refractivity contribution is 7.88. The van der Waals surface area contributed by atoms with Crippen LogP contribution < -0.4 is 5.32 Å². The summed E-state index contributed by atoms with van der Waals surface area (Å²) in [6.07, 6.45) is 2.21. The van der Waals surface area contributed by atoms with Crippen LogP contribution in [0.2, 0.25) is 0 Å². The standard InChI is InChI=1S/C16H21N3O3S/c1-11-4-5-13(10-12(11)2)14-15(20)18-16(17-14)6-8-19(9-7-16)23(3,21)22/h4-5,10H,6-9H2,1-3H3,(H,18,20). The molecule has 1 N–H and O–H groups in total. The summed E-state index contributed by atoms with van der Waals surface area (Å²) in [5.41, 5.74) is 2.88. The van der Waals surface area contributed by atoms with E-state index in [1.165, 1.54) is 16.1 Å². The molecule has 0 atom stereocenters. The molecule has 0 unspecified atom stereocenters. The lowest BCUT2D eigenvalue weighted by atomic mass is 10.00. The molecule has 2 aliphatic heterocycles. The summed E-state index contributed by atoms with van der Waals surface area (Å²) in [6, 6.07) is 5.86. The van der Waals surface area contributed by atoms with E-state index in [0.29, 0.717) is 31.6 Å². The summed E-state index contributed by atoms with van der Waals surface area (Å²) in [6.45, 7) is 4.79. The summed E-state index contributed by atoms with van der Waals surface area (Å²) < 4.78 is 24.7. The molecule has 2 heterocycles. The van der Waals surface area contributed by atoms with Gasteiger partial charge in [0.05, 0.1) is 6.26 Å². The van der Waals surface area contributed by atoms with Crippen molar-refractivity contribution in [1.82, 2.24) is 9.62 Å². The molecule has 1 amide bonds. The van der Waals surface area contributed by atoms with Gasteiger partial charge in [0.1, 0.15) is 11.4 Å². The Balaban J connectivity index is 1.86. The van der Waals surface area contributed by atoms with Crippen LogP contribution in [-0.2, 0) is 14.8 Å². The summed E-state index contributed by atoms with van der Waals surface area (Å²) >= 11 is 0. The molecular weight excluding hydrogens is 314 g/mol. The topological polar surface area (TPSA) is 78.8 Å². The molecule has 0 aliphatic carbocycles. The van der Waals surface area contributed by atoms with Crippen molar-refractivity contribution in [2.75, 3.05) is 19.3 Å². The van der Waals surface area contributed by atoms with Crippen molar-refractivity contribution < 1.29 is 13.2 Å². The number of carbonyl (C=O) groups is 1. The number of hydrogen-bond acceptors (Lipinski definition) is 4. The number of aliphatic imine (C=N–C) groups is 1. The van der Waals surface area contributed by atoms with Gasteiger partial charge in [-0.15, -0.1) is 0 Å². The second-order valence-electron chi connectivity index (χ2n) is 6.41. The Hall–Kier alpha value is -1.73. The van der Waals surface area contributed by atoms with Crippen LogP contribution in [0.15, 0.2) is 23.2 Å². The largest absolute Gasteiger partial charge is 0.326 e. The lowest BCUT2D eigenvalue weighted by molar-refractivity contribution is -0.115. The minimum atomic E-state index is -3.19. The molecule has 0 saturated carbocycles. The van der Waals surface area contributed by atoms with Gasteiger partial charge in [0, 0.05) is 31.5 Å². The minimum absolute atomic E-state index is 0.180. The number of benzene rings is 1. The maximum absolute atomic E-state index is 12.3.